The van der Waals surface area contributed by atoms with Crippen LogP contribution in [0.3, 0.4) is 0 Å². The van der Waals surface area contributed by atoms with Gasteiger partial charge in [0.2, 0.25) is 5.88 Å². The first-order valence-corrected chi connectivity index (χ1v) is 11.0. The molecule has 176 valence electrons. The van der Waals surface area contributed by atoms with Crippen LogP contribution in [-0.4, -0.2) is 58.4 Å². The zero-order valence-corrected chi connectivity index (χ0v) is 18.6. The molecule has 34 heavy (non-hydrogen) atoms. The summed E-state index contributed by atoms with van der Waals surface area (Å²) in [7, 11) is 1.68. The second kappa shape index (κ2) is 8.75. The van der Waals surface area contributed by atoms with E-state index in [9.17, 15) is 14.4 Å². The van der Waals surface area contributed by atoms with Crippen LogP contribution in [0.5, 0.6) is 11.6 Å². The SMILES string of the molecule is COCCCn1cc2cc(Oc3ccc(N4CCCC45C(=O)NC(=O)NC5=O)cn3)ccc2n1. The number of methoxy groups -OCH3 is 1. The van der Waals surface area contributed by atoms with Crippen LogP contribution in [0.2, 0.25) is 0 Å². The summed E-state index contributed by atoms with van der Waals surface area (Å²) in [6.07, 6.45) is 5.35. The fraction of sp³-hybridized carbons (Fsp3) is 0.348. The maximum Gasteiger partial charge on any atom is 0.328 e. The van der Waals surface area contributed by atoms with Crippen LogP contribution in [-0.2, 0) is 20.9 Å². The number of ether oxygens (including phenoxy) is 2. The molecule has 0 saturated carbocycles. The van der Waals surface area contributed by atoms with Crippen LogP contribution in [0.15, 0.2) is 42.7 Å². The predicted octanol–water partition coefficient (Wildman–Crippen LogP) is 1.97. The molecule has 4 amide bonds. The van der Waals surface area contributed by atoms with Gasteiger partial charge in [-0.2, -0.15) is 5.10 Å². The summed E-state index contributed by atoms with van der Waals surface area (Å²) >= 11 is 0. The molecule has 1 spiro atoms. The molecule has 0 radical (unpaired) electrons. The van der Waals surface area contributed by atoms with Crippen molar-refractivity contribution in [1.29, 1.82) is 0 Å². The van der Waals surface area contributed by atoms with Gasteiger partial charge in [-0.1, -0.05) is 0 Å². The highest BCUT2D eigenvalue weighted by Crippen LogP contribution is 2.36. The average Bonchev–Trinajstić information content (AvgIpc) is 3.43. The molecule has 5 rings (SSSR count). The van der Waals surface area contributed by atoms with Gasteiger partial charge in [-0.15, -0.1) is 0 Å². The third kappa shape index (κ3) is 3.83. The van der Waals surface area contributed by atoms with Crippen molar-refractivity contribution in [2.45, 2.75) is 31.3 Å². The van der Waals surface area contributed by atoms with Gasteiger partial charge in [-0.3, -0.25) is 24.9 Å². The number of aryl methyl sites for hydroxylation is 1. The number of carbonyl (C=O) groups is 3. The van der Waals surface area contributed by atoms with Gasteiger partial charge in [0.15, 0.2) is 5.54 Å². The van der Waals surface area contributed by atoms with E-state index in [0.29, 0.717) is 43.3 Å². The van der Waals surface area contributed by atoms with E-state index in [1.165, 1.54) is 0 Å². The standard InChI is InChI=1S/C23H24N6O5/c1-33-11-3-9-28-14-15-12-17(5-6-18(15)27-28)34-19-7-4-16(13-24-19)29-10-2-8-23(29)20(30)25-22(32)26-21(23)31/h4-7,12-14H,2-3,8-11H2,1H3,(H2,25,26,30,31,32). The maximum atomic E-state index is 12.6. The molecule has 4 heterocycles. The van der Waals surface area contributed by atoms with Crippen molar-refractivity contribution in [2.75, 3.05) is 25.2 Å². The summed E-state index contributed by atoms with van der Waals surface area (Å²) in [5, 5.41) is 9.91. The van der Waals surface area contributed by atoms with Gasteiger partial charge in [0.1, 0.15) is 5.75 Å². The number of benzene rings is 1. The van der Waals surface area contributed by atoms with Crippen molar-refractivity contribution < 1.29 is 23.9 Å². The second-order valence-corrected chi connectivity index (χ2v) is 8.27. The number of amides is 4. The Hall–Kier alpha value is -3.99. The number of nitrogens with one attached hydrogen (secondary N) is 2. The third-order valence-corrected chi connectivity index (χ3v) is 6.10. The number of pyridine rings is 1. The van der Waals surface area contributed by atoms with Crippen molar-refractivity contribution in [2.24, 2.45) is 0 Å². The van der Waals surface area contributed by atoms with E-state index in [1.54, 1.807) is 30.3 Å². The van der Waals surface area contributed by atoms with Crippen molar-refractivity contribution in [3.05, 3.63) is 42.7 Å². The molecule has 11 nitrogen and oxygen atoms in total. The third-order valence-electron chi connectivity index (χ3n) is 6.10. The molecule has 2 N–H and O–H groups in total. The molecule has 0 aliphatic carbocycles. The molecule has 2 fully saturated rings. The normalized spacial score (nSPS) is 17.3. The predicted molar refractivity (Wildman–Crippen MR) is 122 cm³/mol. The largest absolute Gasteiger partial charge is 0.439 e. The summed E-state index contributed by atoms with van der Waals surface area (Å²) in [6, 6.07) is 8.25. The monoisotopic (exact) mass is 464 g/mol. The molecule has 2 aliphatic heterocycles. The Kier molecular flexibility index (Phi) is 5.62. The lowest BCUT2D eigenvalue weighted by Crippen LogP contribution is -2.71. The molecule has 0 bridgehead atoms. The number of fused-ring (bicyclic) bond motifs is 1. The van der Waals surface area contributed by atoms with E-state index < -0.39 is 23.4 Å². The Balaban J connectivity index is 1.31. The number of nitrogens with zero attached hydrogens (tertiary/aromatic N) is 4. The van der Waals surface area contributed by atoms with E-state index >= 15 is 0 Å². The number of hydrogen-bond donors (Lipinski definition) is 2. The molecular weight excluding hydrogens is 440 g/mol. The minimum Gasteiger partial charge on any atom is -0.439 e. The molecular formula is C23H24N6O5. The van der Waals surface area contributed by atoms with E-state index in [1.807, 2.05) is 29.1 Å². The van der Waals surface area contributed by atoms with Gasteiger partial charge in [0.25, 0.3) is 11.8 Å². The van der Waals surface area contributed by atoms with Crippen molar-refractivity contribution >= 4 is 34.4 Å². The Bertz CT molecular complexity index is 1230. The van der Waals surface area contributed by atoms with Gasteiger partial charge < -0.3 is 14.4 Å². The maximum absolute atomic E-state index is 12.6. The van der Waals surface area contributed by atoms with E-state index in [4.69, 9.17) is 9.47 Å². The first-order chi connectivity index (χ1) is 16.5. The minimum atomic E-state index is -1.45. The van der Waals surface area contributed by atoms with Crippen LogP contribution in [0.4, 0.5) is 10.5 Å². The Morgan fingerprint density at radius 1 is 1.12 bits per heavy atom. The summed E-state index contributed by atoms with van der Waals surface area (Å²) in [6.45, 7) is 1.93. The van der Waals surface area contributed by atoms with Crippen LogP contribution < -0.4 is 20.3 Å². The number of carbonyl (C=O) groups excluding carboxylic acids is 3. The summed E-state index contributed by atoms with van der Waals surface area (Å²) < 4.78 is 12.9. The molecule has 11 heteroatoms. The van der Waals surface area contributed by atoms with Gasteiger partial charge in [0, 0.05) is 44.5 Å². The summed E-state index contributed by atoms with van der Waals surface area (Å²) in [5.41, 5.74) is 0.0130. The first kappa shape index (κ1) is 21.8. The molecule has 2 aromatic heterocycles. The van der Waals surface area contributed by atoms with Gasteiger partial charge in [-0.25, -0.2) is 9.78 Å². The van der Waals surface area contributed by atoms with Gasteiger partial charge in [-0.05, 0) is 43.5 Å². The number of urea groups is 1. The van der Waals surface area contributed by atoms with Crippen LogP contribution in [0.25, 0.3) is 10.9 Å². The molecule has 0 atom stereocenters. The van der Waals surface area contributed by atoms with Crippen LogP contribution >= 0.6 is 0 Å². The summed E-state index contributed by atoms with van der Waals surface area (Å²) in [4.78, 5) is 42.8. The molecule has 2 saturated heterocycles. The smallest absolute Gasteiger partial charge is 0.328 e. The topological polar surface area (TPSA) is 128 Å². The zero-order chi connectivity index (χ0) is 23.7. The highest BCUT2D eigenvalue weighted by atomic mass is 16.5. The van der Waals surface area contributed by atoms with Crippen LogP contribution in [0.1, 0.15) is 19.3 Å². The van der Waals surface area contributed by atoms with Crippen LogP contribution in [0, 0.1) is 0 Å². The van der Waals surface area contributed by atoms with Gasteiger partial charge in [0.05, 0.1) is 17.4 Å². The molecule has 3 aromatic rings. The van der Waals surface area contributed by atoms with Gasteiger partial charge >= 0.3 is 6.03 Å². The lowest BCUT2D eigenvalue weighted by Gasteiger charge is -2.38. The van der Waals surface area contributed by atoms with Crippen molar-refractivity contribution in [3.8, 4) is 11.6 Å². The average molecular weight is 464 g/mol. The summed E-state index contributed by atoms with van der Waals surface area (Å²) in [5.74, 6) is -0.242. The lowest BCUT2D eigenvalue weighted by molar-refractivity contribution is -0.137. The Morgan fingerprint density at radius 2 is 1.94 bits per heavy atom. The number of aromatic nitrogens is 3. The molecule has 2 aliphatic rings. The van der Waals surface area contributed by atoms with E-state index in [0.717, 1.165) is 23.9 Å². The number of imide groups is 2. The second-order valence-electron chi connectivity index (χ2n) is 8.27. The van der Waals surface area contributed by atoms with Crippen molar-refractivity contribution in [1.82, 2.24) is 25.4 Å². The zero-order valence-electron chi connectivity index (χ0n) is 18.6. The number of hydrogen-bond acceptors (Lipinski definition) is 8. The Morgan fingerprint density at radius 3 is 2.68 bits per heavy atom. The minimum absolute atomic E-state index is 0.315. The molecule has 0 unspecified atom stereocenters. The highest BCUT2D eigenvalue weighted by molar-refractivity contribution is 6.24. The first-order valence-electron chi connectivity index (χ1n) is 11.0. The van der Waals surface area contributed by atoms with E-state index in [2.05, 4.69) is 20.7 Å². The fourth-order valence-electron chi connectivity index (χ4n) is 4.50. The quantitative estimate of drug-likeness (QED) is 0.401. The number of rotatable bonds is 7. The molecule has 1 aromatic carbocycles. The number of anilines is 1. The lowest BCUT2D eigenvalue weighted by atomic mass is 9.92. The van der Waals surface area contributed by atoms with E-state index in [-0.39, 0.29) is 0 Å². The van der Waals surface area contributed by atoms with Crippen molar-refractivity contribution in [3.63, 3.8) is 0 Å². The fourth-order valence-corrected chi connectivity index (χ4v) is 4.50. The highest BCUT2D eigenvalue weighted by Gasteiger charge is 2.57. The Labute approximate surface area is 195 Å². The number of barbiturate groups is 1.